The topological polar surface area (TPSA) is 74.4 Å². The number of aromatic nitrogens is 4. The maximum absolute atomic E-state index is 12.2. The minimum absolute atomic E-state index is 0.0303. The van der Waals surface area contributed by atoms with Gasteiger partial charge in [0.25, 0.3) is 5.56 Å². The van der Waals surface area contributed by atoms with Gasteiger partial charge in [-0.05, 0) is 17.0 Å². The molecule has 0 unspecified atom stereocenters. The monoisotopic (exact) mass is 288 g/mol. The third-order valence-corrected chi connectivity index (χ3v) is 4.57. The van der Waals surface area contributed by atoms with Crippen LogP contribution in [-0.2, 0) is 11.8 Å². The average Bonchev–Trinajstić information content (AvgIpc) is 2.96. The van der Waals surface area contributed by atoms with Gasteiger partial charge in [-0.2, -0.15) is 5.10 Å². The lowest BCUT2D eigenvalue weighted by atomic mass is 9.94. The Kier molecular flexibility index (Phi) is 2.97. The number of nitrogens with one attached hydrogen (secondary N) is 2. The molecule has 0 amide bonds. The van der Waals surface area contributed by atoms with Crippen molar-refractivity contribution in [1.82, 2.24) is 20.2 Å². The van der Waals surface area contributed by atoms with Crippen molar-refractivity contribution in [3.63, 3.8) is 0 Å². The van der Waals surface area contributed by atoms with Crippen molar-refractivity contribution < 1.29 is 0 Å². The van der Waals surface area contributed by atoms with Crippen LogP contribution in [0.5, 0.6) is 0 Å². The van der Waals surface area contributed by atoms with Crippen LogP contribution in [0.1, 0.15) is 37.0 Å². The highest BCUT2D eigenvalue weighted by Crippen LogP contribution is 2.31. The van der Waals surface area contributed by atoms with Crippen LogP contribution in [-0.4, -0.2) is 20.2 Å². The van der Waals surface area contributed by atoms with E-state index in [1.54, 1.807) is 23.7 Å². The fraction of sp³-hybridized carbons (Fsp3) is 0.357. The van der Waals surface area contributed by atoms with Gasteiger partial charge in [0, 0.05) is 17.5 Å². The summed E-state index contributed by atoms with van der Waals surface area (Å²) in [4.78, 5) is 21.5. The Morgan fingerprint density at radius 2 is 2.15 bits per heavy atom. The van der Waals surface area contributed by atoms with Crippen LogP contribution < -0.4 is 5.56 Å². The Morgan fingerprint density at radius 3 is 2.80 bits per heavy atom. The summed E-state index contributed by atoms with van der Waals surface area (Å²) >= 11 is 1.59. The number of H-pyrrole nitrogens is 2. The van der Waals surface area contributed by atoms with Gasteiger partial charge in [0.1, 0.15) is 10.7 Å². The molecule has 0 radical (unpaired) electrons. The second kappa shape index (κ2) is 4.56. The van der Waals surface area contributed by atoms with E-state index in [0.717, 1.165) is 10.4 Å². The molecule has 0 fully saturated rings. The quantitative estimate of drug-likeness (QED) is 0.761. The smallest absolute Gasteiger partial charge is 0.259 e. The van der Waals surface area contributed by atoms with Gasteiger partial charge in [0.15, 0.2) is 0 Å². The summed E-state index contributed by atoms with van der Waals surface area (Å²) in [5.74, 6) is 0.672. The number of thiophene rings is 1. The van der Waals surface area contributed by atoms with Gasteiger partial charge in [0.2, 0.25) is 0 Å². The van der Waals surface area contributed by atoms with E-state index in [1.165, 1.54) is 4.88 Å². The van der Waals surface area contributed by atoms with Crippen molar-refractivity contribution >= 4 is 21.6 Å². The molecule has 0 atom stereocenters. The Labute approximate surface area is 120 Å². The van der Waals surface area contributed by atoms with Crippen LogP contribution in [0, 0.1) is 0 Å². The van der Waals surface area contributed by atoms with Crippen LogP contribution in [0.3, 0.4) is 0 Å². The lowest BCUT2D eigenvalue weighted by molar-refractivity contribution is 0.604. The van der Waals surface area contributed by atoms with Crippen molar-refractivity contribution in [3.05, 3.63) is 45.1 Å². The normalized spacial score (nSPS) is 12.2. The van der Waals surface area contributed by atoms with Gasteiger partial charge >= 0.3 is 0 Å². The first-order valence-corrected chi connectivity index (χ1v) is 7.26. The summed E-state index contributed by atoms with van der Waals surface area (Å²) in [7, 11) is 0. The largest absolute Gasteiger partial charge is 0.310 e. The summed E-state index contributed by atoms with van der Waals surface area (Å²) < 4.78 is 0. The molecule has 0 spiro atoms. The molecule has 20 heavy (non-hydrogen) atoms. The number of hydrogen-bond acceptors (Lipinski definition) is 4. The van der Waals surface area contributed by atoms with Gasteiger partial charge in [-0.1, -0.05) is 20.8 Å². The van der Waals surface area contributed by atoms with Crippen LogP contribution in [0.25, 0.3) is 10.2 Å². The number of fused-ring (bicyclic) bond motifs is 1. The standard InChI is InChI=1S/C14H16N4OS/c1-14(2,3)10-5-9-12(19)17-11(18-13(9)20-10)4-8-6-15-16-7-8/h5-7H,4H2,1-3H3,(H,15,16)(H,17,18,19). The molecule has 5 nitrogen and oxygen atoms in total. The predicted octanol–water partition coefficient (Wildman–Crippen LogP) is 2.60. The maximum Gasteiger partial charge on any atom is 0.259 e. The lowest BCUT2D eigenvalue weighted by Crippen LogP contribution is -2.11. The van der Waals surface area contributed by atoms with E-state index < -0.39 is 0 Å². The van der Waals surface area contributed by atoms with E-state index in [2.05, 4.69) is 40.9 Å². The SMILES string of the molecule is CC(C)(C)c1cc2c(=O)[nH]c(Cc3cn[nH]c3)nc2s1. The van der Waals surface area contributed by atoms with E-state index >= 15 is 0 Å². The number of nitrogens with zero attached hydrogens (tertiary/aromatic N) is 2. The Bertz CT molecular complexity index is 793. The second-order valence-electron chi connectivity index (χ2n) is 5.88. The summed E-state index contributed by atoms with van der Waals surface area (Å²) in [5, 5.41) is 7.33. The molecule has 3 aromatic rings. The molecule has 2 N–H and O–H groups in total. The summed E-state index contributed by atoms with van der Waals surface area (Å²) in [6, 6.07) is 1.95. The lowest BCUT2D eigenvalue weighted by Gasteiger charge is -2.14. The van der Waals surface area contributed by atoms with Gasteiger partial charge in [-0.3, -0.25) is 9.89 Å². The Hall–Kier alpha value is -1.95. The number of hydrogen-bond donors (Lipinski definition) is 2. The molecule has 0 aliphatic heterocycles. The molecule has 0 saturated heterocycles. The maximum atomic E-state index is 12.2. The minimum Gasteiger partial charge on any atom is -0.310 e. The average molecular weight is 288 g/mol. The fourth-order valence-electron chi connectivity index (χ4n) is 2.00. The van der Waals surface area contributed by atoms with Gasteiger partial charge in [-0.15, -0.1) is 11.3 Å². The molecule has 0 aliphatic rings. The van der Waals surface area contributed by atoms with Crippen molar-refractivity contribution in [1.29, 1.82) is 0 Å². The molecule has 104 valence electrons. The molecular weight excluding hydrogens is 272 g/mol. The Balaban J connectivity index is 2.07. The molecule has 0 aliphatic carbocycles. The molecule has 0 aromatic carbocycles. The number of rotatable bonds is 2. The van der Waals surface area contributed by atoms with Crippen LogP contribution in [0.4, 0.5) is 0 Å². The van der Waals surface area contributed by atoms with Crippen molar-refractivity contribution in [2.24, 2.45) is 0 Å². The summed E-state index contributed by atoms with van der Waals surface area (Å²) in [5.41, 5.74) is 0.961. The second-order valence-corrected chi connectivity index (χ2v) is 6.91. The first-order chi connectivity index (χ1) is 9.43. The van der Waals surface area contributed by atoms with Gasteiger partial charge in [0.05, 0.1) is 11.6 Å². The van der Waals surface area contributed by atoms with Gasteiger partial charge in [-0.25, -0.2) is 4.98 Å². The van der Waals surface area contributed by atoms with E-state index in [1.807, 2.05) is 6.07 Å². The molecular formula is C14H16N4OS. The molecule has 3 heterocycles. The van der Waals surface area contributed by atoms with Crippen molar-refractivity contribution in [2.75, 3.05) is 0 Å². The van der Waals surface area contributed by atoms with E-state index in [4.69, 9.17) is 0 Å². The Morgan fingerprint density at radius 1 is 1.35 bits per heavy atom. The first-order valence-electron chi connectivity index (χ1n) is 6.44. The molecule has 0 bridgehead atoms. The molecule has 3 rings (SSSR count). The van der Waals surface area contributed by atoms with Gasteiger partial charge < -0.3 is 4.98 Å². The van der Waals surface area contributed by atoms with Crippen LogP contribution >= 0.6 is 11.3 Å². The summed E-state index contributed by atoms with van der Waals surface area (Å²) in [6.45, 7) is 6.41. The first kappa shape index (κ1) is 13.1. The van der Waals surface area contributed by atoms with E-state index in [-0.39, 0.29) is 11.0 Å². The third kappa shape index (κ3) is 2.38. The van der Waals surface area contributed by atoms with Crippen LogP contribution in [0.15, 0.2) is 23.3 Å². The molecule has 3 aromatic heterocycles. The highest BCUT2D eigenvalue weighted by molar-refractivity contribution is 7.18. The van der Waals surface area contributed by atoms with Crippen molar-refractivity contribution in [2.45, 2.75) is 32.6 Å². The highest BCUT2D eigenvalue weighted by Gasteiger charge is 2.19. The fourth-order valence-corrected chi connectivity index (χ4v) is 3.11. The van der Waals surface area contributed by atoms with Crippen molar-refractivity contribution in [3.8, 4) is 0 Å². The molecule has 6 heteroatoms. The zero-order valence-electron chi connectivity index (χ0n) is 11.7. The molecule has 0 saturated carbocycles. The zero-order chi connectivity index (χ0) is 14.3. The number of aromatic amines is 2. The predicted molar refractivity (Wildman–Crippen MR) is 80.3 cm³/mol. The highest BCUT2D eigenvalue weighted by atomic mass is 32.1. The third-order valence-electron chi connectivity index (χ3n) is 3.12. The van der Waals surface area contributed by atoms with Crippen LogP contribution in [0.2, 0.25) is 0 Å². The van der Waals surface area contributed by atoms with E-state index in [0.29, 0.717) is 17.6 Å². The minimum atomic E-state index is -0.0692. The summed E-state index contributed by atoms with van der Waals surface area (Å²) in [6.07, 6.45) is 4.11. The van der Waals surface area contributed by atoms with E-state index in [9.17, 15) is 4.79 Å². The zero-order valence-corrected chi connectivity index (χ0v) is 12.5.